The molecular formula is C16H13N3. The maximum Gasteiger partial charge on any atom is 0.0894 e. The fourth-order valence-electron chi connectivity index (χ4n) is 2.56. The van der Waals surface area contributed by atoms with Crippen LogP contribution in [-0.2, 0) is 6.42 Å². The number of benzene rings is 2. The fraction of sp³-hybridized carbons (Fsp3) is 0.125. The van der Waals surface area contributed by atoms with Gasteiger partial charge in [0.2, 0.25) is 0 Å². The van der Waals surface area contributed by atoms with Crippen LogP contribution in [0.15, 0.2) is 48.7 Å². The first-order valence-corrected chi connectivity index (χ1v) is 6.49. The Balaban J connectivity index is 1.85. The van der Waals surface area contributed by atoms with Gasteiger partial charge in [-0.25, -0.2) is 4.98 Å². The van der Waals surface area contributed by atoms with Crippen LogP contribution < -0.4 is 5.32 Å². The topological polar surface area (TPSA) is 37.8 Å². The highest BCUT2D eigenvalue weighted by atomic mass is 14.9. The molecule has 1 N–H and O–H groups in total. The van der Waals surface area contributed by atoms with Crippen LogP contribution in [0, 0.1) is 0 Å². The molecule has 3 nitrogen and oxygen atoms in total. The Bertz CT molecular complexity index is 765. The number of hydrogen-bond donors (Lipinski definition) is 1. The van der Waals surface area contributed by atoms with Gasteiger partial charge >= 0.3 is 0 Å². The summed E-state index contributed by atoms with van der Waals surface area (Å²) in [6.45, 7) is 1.03. The molecule has 4 rings (SSSR count). The van der Waals surface area contributed by atoms with Gasteiger partial charge in [-0.15, -0.1) is 0 Å². The SMILES string of the molecule is c1ccc2nc(-c3ccc4c(c3)CCN4)cnc2c1. The van der Waals surface area contributed by atoms with E-state index in [-0.39, 0.29) is 0 Å². The predicted molar refractivity (Wildman–Crippen MR) is 77.2 cm³/mol. The van der Waals surface area contributed by atoms with Gasteiger partial charge in [-0.05, 0) is 36.2 Å². The van der Waals surface area contributed by atoms with Crippen LogP contribution in [0.25, 0.3) is 22.3 Å². The van der Waals surface area contributed by atoms with Crippen molar-refractivity contribution in [2.24, 2.45) is 0 Å². The molecule has 0 bridgehead atoms. The van der Waals surface area contributed by atoms with Gasteiger partial charge < -0.3 is 5.32 Å². The molecule has 0 saturated heterocycles. The molecule has 1 aromatic heterocycles. The minimum absolute atomic E-state index is 0.938. The van der Waals surface area contributed by atoms with E-state index in [0.717, 1.165) is 35.3 Å². The predicted octanol–water partition coefficient (Wildman–Crippen LogP) is 3.26. The Morgan fingerprint density at radius 1 is 1.00 bits per heavy atom. The Labute approximate surface area is 111 Å². The molecule has 92 valence electrons. The lowest BCUT2D eigenvalue weighted by atomic mass is 10.1. The van der Waals surface area contributed by atoms with Crippen molar-refractivity contribution in [1.29, 1.82) is 0 Å². The van der Waals surface area contributed by atoms with Gasteiger partial charge in [0.15, 0.2) is 0 Å². The standard InChI is InChI=1S/C16H13N3/c1-2-4-15-14(3-1)18-10-16(19-15)11-5-6-13-12(9-11)7-8-17-13/h1-6,9-10,17H,7-8H2. The van der Waals surface area contributed by atoms with Gasteiger partial charge in [-0.1, -0.05) is 18.2 Å². The van der Waals surface area contributed by atoms with Crippen molar-refractivity contribution in [2.45, 2.75) is 6.42 Å². The Morgan fingerprint density at radius 2 is 1.89 bits per heavy atom. The van der Waals surface area contributed by atoms with Crippen LogP contribution in [0.2, 0.25) is 0 Å². The molecule has 0 fully saturated rings. The highest BCUT2D eigenvalue weighted by Gasteiger charge is 2.11. The normalized spacial score (nSPS) is 13.3. The van der Waals surface area contributed by atoms with Gasteiger partial charge in [0, 0.05) is 17.8 Å². The molecule has 1 aliphatic heterocycles. The first-order valence-electron chi connectivity index (χ1n) is 6.49. The number of rotatable bonds is 1. The van der Waals surface area contributed by atoms with E-state index < -0.39 is 0 Å². The molecular weight excluding hydrogens is 234 g/mol. The van der Waals surface area contributed by atoms with Crippen molar-refractivity contribution in [2.75, 3.05) is 11.9 Å². The van der Waals surface area contributed by atoms with E-state index in [0.29, 0.717) is 0 Å². The van der Waals surface area contributed by atoms with Crippen molar-refractivity contribution in [3.05, 3.63) is 54.2 Å². The third-order valence-corrected chi connectivity index (χ3v) is 3.56. The highest BCUT2D eigenvalue weighted by molar-refractivity contribution is 5.77. The van der Waals surface area contributed by atoms with Crippen LogP contribution in [-0.4, -0.2) is 16.5 Å². The van der Waals surface area contributed by atoms with Gasteiger partial charge in [0.05, 0.1) is 22.9 Å². The van der Waals surface area contributed by atoms with E-state index in [1.807, 2.05) is 30.5 Å². The molecule has 0 amide bonds. The zero-order valence-corrected chi connectivity index (χ0v) is 10.4. The van der Waals surface area contributed by atoms with E-state index >= 15 is 0 Å². The van der Waals surface area contributed by atoms with Crippen molar-refractivity contribution in [3.63, 3.8) is 0 Å². The molecule has 0 radical (unpaired) electrons. The second kappa shape index (κ2) is 4.05. The number of nitrogens with zero attached hydrogens (tertiary/aromatic N) is 2. The van der Waals surface area contributed by atoms with Crippen molar-refractivity contribution >= 4 is 16.7 Å². The highest BCUT2D eigenvalue weighted by Crippen LogP contribution is 2.27. The third kappa shape index (κ3) is 1.74. The summed E-state index contributed by atoms with van der Waals surface area (Å²) < 4.78 is 0. The summed E-state index contributed by atoms with van der Waals surface area (Å²) >= 11 is 0. The second-order valence-corrected chi connectivity index (χ2v) is 4.79. The number of fused-ring (bicyclic) bond motifs is 2. The molecule has 2 aromatic carbocycles. The third-order valence-electron chi connectivity index (χ3n) is 3.56. The van der Waals surface area contributed by atoms with Gasteiger partial charge in [-0.3, -0.25) is 4.98 Å². The smallest absolute Gasteiger partial charge is 0.0894 e. The van der Waals surface area contributed by atoms with E-state index in [2.05, 4.69) is 33.5 Å². The van der Waals surface area contributed by atoms with Crippen LogP contribution in [0.4, 0.5) is 5.69 Å². The summed E-state index contributed by atoms with van der Waals surface area (Å²) in [5.41, 5.74) is 6.58. The average molecular weight is 247 g/mol. The van der Waals surface area contributed by atoms with Gasteiger partial charge in [-0.2, -0.15) is 0 Å². The summed E-state index contributed by atoms with van der Waals surface area (Å²) in [4.78, 5) is 9.16. The molecule has 0 saturated carbocycles. The van der Waals surface area contributed by atoms with Crippen molar-refractivity contribution in [1.82, 2.24) is 9.97 Å². The van der Waals surface area contributed by atoms with Gasteiger partial charge in [0.1, 0.15) is 0 Å². The lowest BCUT2D eigenvalue weighted by molar-refractivity contribution is 1.11. The number of nitrogens with one attached hydrogen (secondary N) is 1. The number of aromatic nitrogens is 2. The first-order chi connectivity index (χ1) is 9.40. The first kappa shape index (κ1) is 10.5. The van der Waals surface area contributed by atoms with Crippen LogP contribution in [0.3, 0.4) is 0 Å². The lowest BCUT2D eigenvalue weighted by Crippen LogP contribution is -1.90. The summed E-state index contributed by atoms with van der Waals surface area (Å²) in [6, 6.07) is 14.4. The summed E-state index contributed by atoms with van der Waals surface area (Å²) in [5.74, 6) is 0. The fourth-order valence-corrected chi connectivity index (χ4v) is 2.56. The Hall–Kier alpha value is -2.42. The zero-order valence-electron chi connectivity index (χ0n) is 10.4. The molecule has 1 aliphatic rings. The Kier molecular flexibility index (Phi) is 2.24. The molecule has 0 atom stereocenters. The zero-order chi connectivity index (χ0) is 12.7. The second-order valence-electron chi connectivity index (χ2n) is 4.79. The number of anilines is 1. The summed E-state index contributed by atoms with van der Waals surface area (Å²) in [5, 5.41) is 3.37. The largest absolute Gasteiger partial charge is 0.384 e. The minimum atomic E-state index is 0.938. The maximum atomic E-state index is 4.69. The van der Waals surface area contributed by atoms with Crippen LogP contribution in [0.5, 0.6) is 0 Å². The molecule has 3 aromatic rings. The lowest BCUT2D eigenvalue weighted by Gasteiger charge is -2.05. The number of para-hydroxylation sites is 2. The van der Waals surface area contributed by atoms with Crippen LogP contribution >= 0.6 is 0 Å². The quantitative estimate of drug-likeness (QED) is 0.717. The van der Waals surface area contributed by atoms with Crippen molar-refractivity contribution in [3.8, 4) is 11.3 Å². The van der Waals surface area contributed by atoms with Crippen molar-refractivity contribution < 1.29 is 0 Å². The molecule has 0 aliphatic carbocycles. The molecule has 3 heteroatoms. The van der Waals surface area contributed by atoms with Crippen LogP contribution in [0.1, 0.15) is 5.56 Å². The molecule has 2 heterocycles. The van der Waals surface area contributed by atoms with E-state index in [1.165, 1.54) is 11.3 Å². The van der Waals surface area contributed by atoms with E-state index in [1.54, 1.807) is 0 Å². The maximum absolute atomic E-state index is 4.69. The van der Waals surface area contributed by atoms with E-state index in [4.69, 9.17) is 0 Å². The molecule has 19 heavy (non-hydrogen) atoms. The van der Waals surface area contributed by atoms with E-state index in [9.17, 15) is 0 Å². The number of hydrogen-bond acceptors (Lipinski definition) is 3. The average Bonchev–Trinajstić information content (AvgIpc) is 2.94. The monoisotopic (exact) mass is 247 g/mol. The summed E-state index contributed by atoms with van der Waals surface area (Å²) in [6.07, 6.45) is 2.94. The van der Waals surface area contributed by atoms with Gasteiger partial charge in [0.25, 0.3) is 0 Å². The molecule has 0 unspecified atom stereocenters. The summed E-state index contributed by atoms with van der Waals surface area (Å²) in [7, 11) is 0. The Morgan fingerprint density at radius 3 is 2.84 bits per heavy atom. The minimum Gasteiger partial charge on any atom is -0.384 e. The molecule has 0 spiro atoms.